The predicted octanol–water partition coefficient (Wildman–Crippen LogP) is 2.20. The van der Waals surface area contributed by atoms with E-state index in [-0.39, 0.29) is 18.4 Å². The van der Waals surface area contributed by atoms with Crippen molar-refractivity contribution in [3.05, 3.63) is 47.5 Å². The zero-order chi connectivity index (χ0) is 12.4. The number of nitrogens with zero attached hydrogens (tertiary/aromatic N) is 1. The van der Waals surface area contributed by atoms with Crippen molar-refractivity contribution >= 4 is 11.8 Å². The van der Waals surface area contributed by atoms with E-state index >= 15 is 0 Å². The van der Waals surface area contributed by atoms with Gasteiger partial charge in [0, 0.05) is 6.54 Å². The standard InChI is InChI=1S/C13H12FNO2/c1-9(14)5-4-8-15-12(16)10-6-2-3-7-11(10)13(15)17/h2-7,9H,8H2,1H3/b5-4+. The quantitative estimate of drug-likeness (QED) is 0.593. The molecule has 1 unspecified atom stereocenters. The third kappa shape index (κ3) is 2.11. The molecule has 0 saturated carbocycles. The van der Waals surface area contributed by atoms with Crippen molar-refractivity contribution in [2.75, 3.05) is 6.54 Å². The van der Waals surface area contributed by atoms with Crippen molar-refractivity contribution in [3.8, 4) is 0 Å². The largest absolute Gasteiger partial charge is 0.270 e. The average molecular weight is 233 g/mol. The summed E-state index contributed by atoms with van der Waals surface area (Å²) in [5.41, 5.74) is 0.832. The van der Waals surface area contributed by atoms with Crippen molar-refractivity contribution in [2.45, 2.75) is 13.1 Å². The summed E-state index contributed by atoms with van der Waals surface area (Å²) < 4.78 is 12.6. The monoisotopic (exact) mass is 233 g/mol. The van der Waals surface area contributed by atoms with Crippen LogP contribution in [-0.4, -0.2) is 29.4 Å². The van der Waals surface area contributed by atoms with Gasteiger partial charge in [-0.2, -0.15) is 0 Å². The number of benzene rings is 1. The van der Waals surface area contributed by atoms with E-state index in [0.29, 0.717) is 11.1 Å². The van der Waals surface area contributed by atoms with Crippen molar-refractivity contribution < 1.29 is 14.0 Å². The topological polar surface area (TPSA) is 37.4 Å². The summed E-state index contributed by atoms with van der Waals surface area (Å²) in [7, 11) is 0. The van der Waals surface area contributed by atoms with Crippen LogP contribution in [0.2, 0.25) is 0 Å². The first-order chi connectivity index (χ1) is 8.11. The summed E-state index contributed by atoms with van der Waals surface area (Å²) in [4.78, 5) is 24.8. The van der Waals surface area contributed by atoms with Crippen LogP contribution in [0.4, 0.5) is 4.39 Å². The van der Waals surface area contributed by atoms with Gasteiger partial charge in [0.2, 0.25) is 0 Å². The number of hydrogen-bond acceptors (Lipinski definition) is 2. The summed E-state index contributed by atoms with van der Waals surface area (Å²) in [5.74, 6) is -0.636. The SMILES string of the molecule is CC(F)/C=C/CN1C(=O)c2ccccc2C1=O. The zero-order valence-corrected chi connectivity index (χ0v) is 9.39. The van der Waals surface area contributed by atoms with Crippen molar-refractivity contribution in [2.24, 2.45) is 0 Å². The lowest BCUT2D eigenvalue weighted by Crippen LogP contribution is -2.29. The van der Waals surface area contributed by atoms with E-state index in [1.807, 2.05) is 0 Å². The van der Waals surface area contributed by atoms with Gasteiger partial charge >= 0.3 is 0 Å². The maximum atomic E-state index is 12.6. The van der Waals surface area contributed by atoms with Gasteiger partial charge in [0.15, 0.2) is 0 Å². The Morgan fingerprint density at radius 2 is 1.76 bits per heavy atom. The molecule has 2 rings (SSSR count). The first-order valence-electron chi connectivity index (χ1n) is 5.37. The Balaban J connectivity index is 2.19. The van der Waals surface area contributed by atoms with Gasteiger partial charge in [-0.3, -0.25) is 14.5 Å². The molecule has 0 N–H and O–H groups in total. The highest BCUT2D eigenvalue weighted by Gasteiger charge is 2.33. The van der Waals surface area contributed by atoms with Crippen LogP contribution >= 0.6 is 0 Å². The minimum Gasteiger partial charge on any atom is -0.270 e. The highest BCUT2D eigenvalue weighted by molar-refractivity contribution is 6.21. The fourth-order valence-corrected chi connectivity index (χ4v) is 1.76. The minimum atomic E-state index is -1.08. The van der Waals surface area contributed by atoms with Gasteiger partial charge < -0.3 is 0 Å². The fraction of sp³-hybridized carbons (Fsp3) is 0.231. The second kappa shape index (κ2) is 4.49. The Kier molecular flexibility index (Phi) is 3.04. The first-order valence-corrected chi connectivity index (χ1v) is 5.37. The van der Waals surface area contributed by atoms with Gasteiger partial charge in [0.1, 0.15) is 6.17 Å². The number of halogens is 1. The highest BCUT2D eigenvalue weighted by atomic mass is 19.1. The number of hydrogen-bond donors (Lipinski definition) is 0. The molecule has 0 aliphatic carbocycles. The number of carbonyl (C=O) groups is 2. The van der Waals surface area contributed by atoms with E-state index in [2.05, 4.69) is 0 Å². The number of fused-ring (bicyclic) bond motifs is 1. The maximum Gasteiger partial charge on any atom is 0.261 e. The molecule has 4 heteroatoms. The van der Waals surface area contributed by atoms with Crippen molar-refractivity contribution in [1.29, 1.82) is 0 Å². The van der Waals surface area contributed by atoms with E-state index in [4.69, 9.17) is 0 Å². The summed E-state index contributed by atoms with van der Waals surface area (Å²) in [6.07, 6.45) is 1.74. The van der Waals surface area contributed by atoms with Crippen LogP contribution in [0.3, 0.4) is 0 Å². The first kappa shape index (κ1) is 11.5. The minimum absolute atomic E-state index is 0.112. The second-order valence-corrected chi connectivity index (χ2v) is 3.87. The third-order valence-corrected chi connectivity index (χ3v) is 2.57. The van der Waals surface area contributed by atoms with E-state index in [1.54, 1.807) is 24.3 Å². The number of amides is 2. The van der Waals surface area contributed by atoms with Crippen LogP contribution in [0.15, 0.2) is 36.4 Å². The summed E-state index contributed by atoms with van der Waals surface area (Å²) >= 11 is 0. The molecule has 1 aliphatic rings. The molecule has 1 atom stereocenters. The molecule has 0 bridgehead atoms. The Labute approximate surface area is 98.5 Å². The molecule has 0 fully saturated rings. The van der Waals surface area contributed by atoms with Gasteiger partial charge in [-0.05, 0) is 19.1 Å². The van der Waals surface area contributed by atoms with E-state index in [0.717, 1.165) is 4.90 Å². The molecule has 1 heterocycles. The Bertz CT molecular complexity index is 459. The molecule has 0 radical (unpaired) electrons. The summed E-state index contributed by atoms with van der Waals surface area (Å²) in [6.45, 7) is 1.50. The fourth-order valence-electron chi connectivity index (χ4n) is 1.76. The molecule has 3 nitrogen and oxygen atoms in total. The van der Waals surface area contributed by atoms with Gasteiger partial charge in [-0.15, -0.1) is 0 Å². The second-order valence-electron chi connectivity index (χ2n) is 3.87. The molecular formula is C13H12FNO2. The zero-order valence-electron chi connectivity index (χ0n) is 9.39. The van der Waals surface area contributed by atoms with Crippen LogP contribution in [0.1, 0.15) is 27.6 Å². The van der Waals surface area contributed by atoms with E-state index in [1.165, 1.54) is 19.1 Å². The molecule has 0 aromatic heterocycles. The van der Waals surface area contributed by atoms with Crippen LogP contribution in [0.5, 0.6) is 0 Å². The Hall–Kier alpha value is -1.97. The predicted molar refractivity (Wildman–Crippen MR) is 61.5 cm³/mol. The van der Waals surface area contributed by atoms with Gasteiger partial charge in [0.25, 0.3) is 11.8 Å². The Morgan fingerprint density at radius 3 is 2.24 bits per heavy atom. The molecule has 2 amide bonds. The molecule has 1 aliphatic heterocycles. The van der Waals surface area contributed by atoms with Crippen molar-refractivity contribution in [1.82, 2.24) is 4.90 Å². The summed E-state index contributed by atoms with van der Waals surface area (Å²) in [6, 6.07) is 6.67. The van der Waals surface area contributed by atoms with Gasteiger partial charge in [-0.25, -0.2) is 4.39 Å². The van der Waals surface area contributed by atoms with E-state index < -0.39 is 6.17 Å². The molecule has 1 aromatic carbocycles. The maximum absolute atomic E-state index is 12.6. The lowest BCUT2D eigenvalue weighted by molar-refractivity contribution is 0.0671. The molecule has 0 saturated heterocycles. The van der Waals surface area contributed by atoms with Gasteiger partial charge in [0.05, 0.1) is 11.1 Å². The average Bonchev–Trinajstić information content (AvgIpc) is 2.54. The van der Waals surface area contributed by atoms with Crippen molar-refractivity contribution in [3.63, 3.8) is 0 Å². The smallest absolute Gasteiger partial charge is 0.261 e. The number of rotatable bonds is 3. The number of imide groups is 1. The van der Waals surface area contributed by atoms with Crippen LogP contribution in [0.25, 0.3) is 0 Å². The molecule has 0 spiro atoms. The van der Waals surface area contributed by atoms with Gasteiger partial charge in [-0.1, -0.05) is 24.3 Å². The van der Waals surface area contributed by atoms with Crippen LogP contribution in [0, 0.1) is 0 Å². The highest BCUT2D eigenvalue weighted by Crippen LogP contribution is 2.21. The molecule has 17 heavy (non-hydrogen) atoms. The van der Waals surface area contributed by atoms with Crippen LogP contribution in [-0.2, 0) is 0 Å². The lowest BCUT2D eigenvalue weighted by Gasteiger charge is -2.10. The Morgan fingerprint density at radius 1 is 1.24 bits per heavy atom. The number of allylic oxidation sites excluding steroid dienone is 1. The third-order valence-electron chi connectivity index (χ3n) is 2.57. The molecule has 1 aromatic rings. The van der Waals surface area contributed by atoms with E-state index in [9.17, 15) is 14.0 Å². The molecule has 88 valence electrons. The lowest BCUT2D eigenvalue weighted by atomic mass is 10.1. The summed E-state index contributed by atoms with van der Waals surface area (Å²) in [5, 5.41) is 0. The van der Waals surface area contributed by atoms with Crippen LogP contribution < -0.4 is 0 Å². The number of carbonyl (C=O) groups excluding carboxylic acids is 2. The molecular weight excluding hydrogens is 221 g/mol. The normalized spacial score (nSPS) is 16.7. The number of alkyl halides is 1.